The Morgan fingerprint density at radius 3 is 2.35 bits per heavy atom. The number of hydrogen-bond donors (Lipinski definition) is 1. The van der Waals surface area contributed by atoms with E-state index in [1.165, 1.54) is 0 Å². The molecule has 7 heteroatoms. The number of hydrogen-bond acceptors (Lipinski definition) is 6. The van der Waals surface area contributed by atoms with Crippen LogP contribution >= 0.6 is 0 Å². The summed E-state index contributed by atoms with van der Waals surface area (Å²) in [4.78, 5) is 4.41. The van der Waals surface area contributed by atoms with Gasteiger partial charge in [-0.1, -0.05) is 0 Å². The second-order valence-corrected chi connectivity index (χ2v) is 5.58. The summed E-state index contributed by atoms with van der Waals surface area (Å²) in [6, 6.07) is 7.47. The summed E-state index contributed by atoms with van der Waals surface area (Å²) in [5, 5.41) is 6.82. The first kappa shape index (κ1) is 16.0. The highest BCUT2D eigenvalue weighted by Crippen LogP contribution is 2.42. The molecule has 0 amide bonds. The summed E-state index contributed by atoms with van der Waals surface area (Å²) in [5.41, 5.74) is 4.10. The lowest BCUT2D eigenvalue weighted by Crippen LogP contribution is -1.95. The number of aromatic amines is 1. The van der Waals surface area contributed by atoms with Gasteiger partial charge in [-0.05, 0) is 18.2 Å². The molecule has 7 nitrogen and oxygen atoms in total. The van der Waals surface area contributed by atoms with Crippen LogP contribution in [0.25, 0.3) is 33.6 Å². The summed E-state index contributed by atoms with van der Waals surface area (Å²) in [5.74, 6) is 2.31. The van der Waals surface area contributed by atoms with Crippen molar-refractivity contribution < 1.29 is 18.6 Å². The number of ether oxygens (including phenoxy) is 3. The SMILES string of the molecule is COc1cc(-c2cc3nccc(-c4cn[nH]c4)c3o2)cc(OC)c1OC. The van der Waals surface area contributed by atoms with Gasteiger partial charge in [0.25, 0.3) is 0 Å². The van der Waals surface area contributed by atoms with E-state index in [2.05, 4.69) is 15.2 Å². The van der Waals surface area contributed by atoms with Crippen LogP contribution in [-0.4, -0.2) is 36.5 Å². The Morgan fingerprint density at radius 1 is 0.962 bits per heavy atom. The highest BCUT2D eigenvalue weighted by molar-refractivity contribution is 5.92. The monoisotopic (exact) mass is 351 g/mol. The number of fused-ring (bicyclic) bond motifs is 1. The minimum atomic E-state index is 0.534. The van der Waals surface area contributed by atoms with Crippen molar-refractivity contribution in [1.29, 1.82) is 0 Å². The molecule has 0 aliphatic heterocycles. The molecular weight excluding hydrogens is 334 g/mol. The Balaban J connectivity index is 1.89. The minimum absolute atomic E-state index is 0.534. The van der Waals surface area contributed by atoms with E-state index in [1.54, 1.807) is 33.7 Å². The van der Waals surface area contributed by atoms with Crippen LogP contribution in [0.1, 0.15) is 0 Å². The van der Waals surface area contributed by atoms with Gasteiger partial charge in [0.15, 0.2) is 17.1 Å². The number of nitrogens with one attached hydrogen (secondary N) is 1. The largest absolute Gasteiger partial charge is 0.493 e. The van der Waals surface area contributed by atoms with Gasteiger partial charge >= 0.3 is 0 Å². The van der Waals surface area contributed by atoms with E-state index in [0.717, 1.165) is 22.2 Å². The molecule has 3 heterocycles. The number of H-pyrrole nitrogens is 1. The molecular formula is C19H17N3O4. The third-order valence-corrected chi connectivity index (χ3v) is 4.17. The Bertz CT molecular complexity index is 1030. The Labute approximate surface area is 149 Å². The Kier molecular flexibility index (Phi) is 3.96. The number of nitrogens with zero attached hydrogens (tertiary/aromatic N) is 2. The fourth-order valence-electron chi connectivity index (χ4n) is 2.93. The zero-order valence-electron chi connectivity index (χ0n) is 14.6. The van der Waals surface area contributed by atoms with Crippen molar-refractivity contribution in [3.63, 3.8) is 0 Å². The molecule has 0 atom stereocenters. The first-order chi connectivity index (χ1) is 12.7. The number of furan rings is 1. The van der Waals surface area contributed by atoms with Gasteiger partial charge in [-0.3, -0.25) is 10.1 Å². The van der Waals surface area contributed by atoms with E-state index >= 15 is 0 Å². The summed E-state index contributed by atoms with van der Waals surface area (Å²) < 4.78 is 22.3. The molecule has 1 aromatic carbocycles. The topological polar surface area (TPSA) is 82.4 Å². The normalized spacial score (nSPS) is 10.9. The Hall–Kier alpha value is -3.48. The molecule has 0 radical (unpaired) electrons. The van der Waals surface area contributed by atoms with Crippen molar-refractivity contribution in [1.82, 2.24) is 15.2 Å². The average molecular weight is 351 g/mol. The smallest absolute Gasteiger partial charge is 0.203 e. The van der Waals surface area contributed by atoms with Crippen molar-refractivity contribution in [2.75, 3.05) is 21.3 Å². The van der Waals surface area contributed by atoms with Crippen LogP contribution in [-0.2, 0) is 0 Å². The van der Waals surface area contributed by atoms with Gasteiger partial charge in [-0.25, -0.2) is 0 Å². The van der Waals surface area contributed by atoms with Gasteiger partial charge in [-0.15, -0.1) is 0 Å². The molecule has 132 valence electrons. The highest BCUT2D eigenvalue weighted by Gasteiger charge is 2.18. The molecule has 0 aliphatic rings. The summed E-state index contributed by atoms with van der Waals surface area (Å²) in [6.45, 7) is 0. The van der Waals surface area contributed by atoms with Crippen LogP contribution in [0, 0.1) is 0 Å². The van der Waals surface area contributed by atoms with Gasteiger partial charge < -0.3 is 18.6 Å². The van der Waals surface area contributed by atoms with Crippen LogP contribution in [0.2, 0.25) is 0 Å². The first-order valence-electron chi connectivity index (χ1n) is 7.93. The lowest BCUT2D eigenvalue weighted by atomic mass is 10.1. The van der Waals surface area contributed by atoms with Crippen LogP contribution < -0.4 is 14.2 Å². The molecule has 1 N–H and O–H groups in total. The zero-order valence-corrected chi connectivity index (χ0v) is 14.6. The molecule has 0 saturated heterocycles. The second kappa shape index (κ2) is 6.44. The van der Waals surface area contributed by atoms with Gasteiger partial charge in [0.1, 0.15) is 11.3 Å². The fourth-order valence-corrected chi connectivity index (χ4v) is 2.93. The van der Waals surface area contributed by atoms with E-state index in [-0.39, 0.29) is 0 Å². The molecule has 0 unspecified atom stereocenters. The predicted octanol–water partition coefficient (Wildman–Crippen LogP) is 3.91. The van der Waals surface area contributed by atoms with Crippen molar-refractivity contribution in [2.24, 2.45) is 0 Å². The summed E-state index contributed by atoms with van der Waals surface area (Å²) in [6.07, 6.45) is 5.31. The van der Waals surface area contributed by atoms with Crippen LogP contribution in [0.3, 0.4) is 0 Å². The number of pyridine rings is 1. The molecule has 0 spiro atoms. The van der Waals surface area contributed by atoms with Crippen LogP contribution in [0.4, 0.5) is 0 Å². The highest BCUT2D eigenvalue weighted by atomic mass is 16.5. The zero-order chi connectivity index (χ0) is 18.1. The van der Waals surface area contributed by atoms with Gasteiger partial charge in [0.2, 0.25) is 5.75 Å². The Morgan fingerprint density at radius 2 is 1.73 bits per heavy atom. The van der Waals surface area contributed by atoms with E-state index < -0.39 is 0 Å². The molecule has 0 aliphatic carbocycles. The maximum Gasteiger partial charge on any atom is 0.203 e. The average Bonchev–Trinajstić information content (AvgIpc) is 3.35. The summed E-state index contributed by atoms with van der Waals surface area (Å²) in [7, 11) is 4.74. The van der Waals surface area contributed by atoms with Crippen molar-refractivity contribution in [3.05, 3.63) is 42.9 Å². The summed E-state index contributed by atoms with van der Waals surface area (Å²) >= 11 is 0. The molecule has 4 aromatic rings. The molecule has 0 saturated carbocycles. The molecule has 0 fully saturated rings. The maximum absolute atomic E-state index is 6.13. The van der Waals surface area contributed by atoms with Crippen molar-refractivity contribution >= 4 is 11.1 Å². The number of benzene rings is 1. The molecule has 4 rings (SSSR count). The third kappa shape index (κ3) is 2.54. The molecule has 0 bridgehead atoms. The maximum atomic E-state index is 6.13. The van der Waals surface area contributed by atoms with Crippen molar-refractivity contribution in [3.8, 4) is 39.7 Å². The van der Waals surface area contributed by atoms with Crippen LogP contribution in [0.5, 0.6) is 17.2 Å². The predicted molar refractivity (Wildman–Crippen MR) is 96.7 cm³/mol. The number of methoxy groups -OCH3 is 3. The van der Waals surface area contributed by atoms with E-state index in [0.29, 0.717) is 28.6 Å². The van der Waals surface area contributed by atoms with Gasteiger partial charge in [0.05, 0.1) is 27.5 Å². The van der Waals surface area contributed by atoms with Gasteiger partial charge in [0, 0.05) is 35.2 Å². The standard InChI is InChI=1S/C19H17N3O4/c1-23-16-6-11(7-17(24-2)19(16)25-3)15-8-14-18(26-15)13(4-5-20-14)12-9-21-22-10-12/h4-10H,1-3H3,(H,21,22). The first-order valence-corrected chi connectivity index (χ1v) is 7.93. The molecule has 26 heavy (non-hydrogen) atoms. The quantitative estimate of drug-likeness (QED) is 0.587. The van der Waals surface area contributed by atoms with Crippen LogP contribution in [0.15, 0.2) is 47.3 Å². The molecule has 3 aromatic heterocycles. The second-order valence-electron chi connectivity index (χ2n) is 5.58. The minimum Gasteiger partial charge on any atom is -0.493 e. The number of aromatic nitrogens is 3. The van der Waals surface area contributed by atoms with E-state index in [4.69, 9.17) is 18.6 Å². The lowest BCUT2D eigenvalue weighted by Gasteiger charge is -2.13. The van der Waals surface area contributed by atoms with E-state index in [1.807, 2.05) is 30.5 Å². The lowest BCUT2D eigenvalue weighted by molar-refractivity contribution is 0.324. The number of rotatable bonds is 5. The third-order valence-electron chi connectivity index (χ3n) is 4.17. The van der Waals surface area contributed by atoms with Crippen molar-refractivity contribution in [2.45, 2.75) is 0 Å². The fraction of sp³-hybridized carbons (Fsp3) is 0.158. The van der Waals surface area contributed by atoms with Gasteiger partial charge in [-0.2, -0.15) is 5.10 Å². The van der Waals surface area contributed by atoms with E-state index in [9.17, 15) is 0 Å².